The summed E-state index contributed by atoms with van der Waals surface area (Å²) in [5, 5.41) is 2.78. The van der Waals surface area contributed by atoms with Crippen LogP contribution < -0.4 is 15.0 Å². The van der Waals surface area contributed by atoms with E-state index in [0.29, 0.717) is 18.7 Å². The Balaban J connectivity index is 1.69. The number of pyridine rings is 2. The SMILES string of the molecule is CCNC(=O)c1ccc(N2C[C@H](OC)C[C@H]2COc2cccnc2)nc1. The van der Waals surface area contributed by atoms with Crippen molar-refractivity contribution in [2.24, 2.45) is 0 Å². The van der Waals surface area contributed by atoms with E-state index in [1.165, 1.54) is 0 Å². The molecular weight excluding hydrogens is 332 g/mol. The number of hydrogen-bond acceptors (Lipinski definition) is 6. The zero-order valence-corrected chi connectivity index (χ0v) is 15.1. The van der Waals surface area contributed by atoms with Crippen molar-refractivity contribution in [3.05, 3.63) is 48.4 Å². The van der Waals surface area contributed by atoms with Crippen LogP contribution in [0.3, 0.4) is 0 Å². The van der Waals surface area contributed by atoms with Crippen LogP contribution in [0.2, 0.25) is 0 Å². The number of carbonyl (C=O) groups is 1. The van der Waals surface area contributed by atoms with E-state index in [-0.39, 0.29) is 18.1 Å². The van der Waals surface area contributed by atoms with Crippen molar-refractivity contribution in [1.82, 2.24) is 15.3 Å². The summed E-state index contributed by atoms with van der Waals surface area (Å²) in [6, 6.07) is 7.55. The normalized spacial score (nSPS) is 19.4. The van der Waals surface area contributed by atoms with E-state index in [4.69, 9.17) is 9.47 Å². The zero-order valence-electron chi connectivity index (χ0n) is 15.1. The van der Waals surface area contributed by atoms with Gasteiger partial charge in [-0.3, -0.25) is 9.78 Å². The predicted molar refractivity (Wildman–Crippen MR) is 98.5 cm³/mol. The van der Waals surface area contributed by atoms with Gasteiger partial charge in [0, 0.05) is 32.6 Å². The summed E-state index contributed by atoms with van der Waals surface area (Å²) < 4.78 is 11.4. The number of nitrogens with one attached hydrogen (secondary N) is 1. The Kier molecular flexibility index (Phi) is 6.01. The number of nitrogens with zero attached hydrogens (tertiary/aromatic N) is 3. The van der Waals surface area contributed by atoms with Crippen LogP contribution in [0.1, 0.15) is 23.7 Å². The number of amides is 1. The average molecular weight is 356 g/mol. The van der Waals surface area contributed by atoms with Gasteiger partial charge in [-0.05, 0) is 37.6 Å². The van der Waals surface area contributed by atoms with Gasteiger partial charge in [0.15, 0.2) is 0 Å². The molecule has 7 heteroatoms. The van der Waals surface area contributed by atoms with E-state index >= 15 is 0 Å². The Hall–Kier alpha value is -2.67. The molecule has 1 fully saturated rings. The number of methoxy groups -OCH3 is 1. The smallest absolute Gasteiger partial charge is 0.252 e. The zero-order chi connectivity index (χ0) is 18.4. The average Bonchev–Trinajstić information content (AvgIpc) is 3.11. The fourth-order valence-corrected chi connectivity index (χ4v) is 3.06. The number of ether oxygens (including phenoxy) is 2. The molecule has 138 valence electrons. The van der Waals surface area contributed by atoms with Gasteiger partial charge < -0.3 is 19.7 Å². The van der Waals surface area contributed by atoms with Crippen molar-refractivity contribution in [1.29, 1.82) is 0 Å². The van der Waals surface area contributed by atoms with E-state index in [0.717, 1.165) is 24.5 Å². The van der Waals surface area contributed by atoms with Crippen LogP contribution in [0.4, 0.5) is 5.82 Å². The summed E-state index contributed by atoms with van der Waals surface area (Å²) in [4.78, 5) is 22.6. The molecule has 0 bridgehead atoms. The molecule has 2 atom stereocenters. The van der Waals surface area contributed by atoms with Gasteiger partial charge in [0.05, 0.1) is 23.9 Å². The Bertz CT molecular complexity index is 708. The molecule has 1 amide bonds. The highest BCUT2D eigenvalue weighted by molar-refractivity contribution is 5.94. The number of carbonyl (C=O) groups excluding carboxylic acids is 1. The van der Waals surface area contributed by atoms with Crippen molar-refractivity contribution in [2.75, 3.05) is 31.7 Å². The first-order valence-corrected chi connectivity index (χ1v) is 8.77. The first-order chi connectivity index (χ1) is 12.7. The molecule has 3 rings (SSSR count). The third kappa shape index (κ3) is 4.29. The fraction of sp³-hybridized carbons (Fsp3) is 0.421. The Morgan fingerprint density at radius 1 is 1.35 bits per heavy atom. The molecule has 0 radical (unpaired) electrons. The summed E-state index contributed by atoms with van der Waals surface area (Å²) >= 11 is 0. The quantitative estimate of drug-likeness (QED) is 0.817. The van der Waals surface area contributed by atoms with Crippen LogP contribution in [-0.4, -0.2) is 54.8 Å². The molecule has 0 aromatic carbocycles. The van der Waals surface area contributed by atoms with E-state index < -0.39 is 0 Å². The molecule has 2 aromatic heterocycles. The lowest BCUT2D eigenvalue weighted by Crippen LogP contribution is -2.35. The van der Waals surface area contributed by atoms with Gasteiger partial charge in [-0.1, -0.05) is 0 Å². The number of rotatable bonds is 7. The molecule has 0 saturated carbocycles. The topological polar surface area (TPSA) is 76.6 Å². The van der Waals surface area contributed by atoms with Crippen LogP contribution >= 0.6 is 0 Å². The Morgan fingerprint density at radius 3 is 2.88 bits per heavy atom. The monoisotopic (exact) mass is 356 g/mol. The first kappa shape index (κ1) is 18.1. The molecule has 2 aromatic rings. The second-order valence-corrected chi connectivity index (χ2v) is 6.16. The Morgan fingerprint density at radius 2 is 2.23 bits per heavy atom. The summed E-state index contributed by atoms with van der Waals surface area (Å²) in [5.74, 6) is 1.45. The van der Waals surface area contributed by atoms with Gasteiger partial charge in [-0.25, -0.2) is 4.98 Å². The van der Waals surface area contributed by atoms with Gasteiger partial charge in [-0.2, -0.15) is 0 Å². The van der Waals surface area contributed by atoms with Crippen molar-refractivity contribution in [3.8, 4) is 5.75 Å². The van der Waals surface area contributed by atoms with Crippen LogP contribution in [0.5, 0.6) is 5.75 Å². The molecule has 0 aliphatic carbocycles. The molecule has 3 heterocycles. The molecule has 7 nitrogen and oxygen atoms in total. The lowest BCUT2D eigenvalue weighted by Gasteiger charge is -2.25. The van der Waals surface area contributed by atoms with Crippen molar-refractivity contribution in [3.63, 3.8) is 0 Å². The lowest BCUT2D eigenvalue weighted by atomic mass is 10.2. The van der Waals surface area contributed by atoms with Crippen LogP contribution in [0.15, 0.2) is 42.9 Å². The third-order valence-electron chi connectivity index (χ3n) is 4.43. The summed E-state index contributed by atoms with van der Waals surface area (Å²) in [5.41, 5.74) is 0.557. The van der Waals surface area contributed by atoms with E-state index in [9.17, 15) is 4.79 Å². The molecule has 0 spiro atoms. The fourth-order valence-electron chi connectivity index (χ4n) is 3.06. The largest absolute Gasteiger partial charge is 0.490 e. The van der Waals surface area contributed by atoms with Crippen LogP contribution in [-0.2, 0) is 4.74 Å². The summed E-state index contributed by atoms with van der Waals surface area (Å²) in [6.07, 6.45) is 6.01. The number of aromatic nitrogens is 2. The van der Waals surface area contributed by atoms with Crippen LogP contribution in [0.25, 0.3) is 0 Å². The molecule has 0 unspecified atom stereocenters. The second-order valence-electron chi connectivity index (χ2n) is 6.16. The van der Waals surface area contributed by atoms with Gasteiger partial charge >= 0.3 is 0 Å². The number of hydrogen-bond donors (Lipinski definition) is 1. The molecule has 1 saturated heterocycles. The van der Waals surface area contributed by atoms with Gasteiger partial charge in [0.2, 0.25) is 0 Å². The number of anilines is 1. The predicted octanol–water partition coefficient (Wildman–Crippen LogP) is 1.90. The summed E-state index contributed by atoms with van der Waals surface area (Å²) in [6.45, 7) is 3.74. The molecule has 1 aliphatic heterocycles. The highest BCUT2D eigenvalue weighted by Crippen LogP contribution is 2.26. The maximum Gasteiger partial charge on any atom is 0.252 e. The minimum atomic E-state index is -0.112. The standard InChI is InChI=1S/C19H24N4O3/c1-3-21-19(24)14-6-7-18(22-10-14)23-12-17(25-2)9-15(23)13-26-16-5-4-8-20-11-16/h4-8,10-11,15,17H,3,9,12-13H2,1-2H3,(H,21,24)/t15-,17+/m0/s1. The molecule has 1 N–H and O–H groups in total. The maximum absolute atomic E-state index is 11.9. The van der Waals surface area contributed by atoms with Gasteiger partial charge in [0.1, 0.15) is 18.2 Å². The van der Waals surface area contributed by atoms with Crippen molar-refractivity contribution in [2.45, 2.75) is 25.5 Å². The summed E-state index contributed by atoms with van der Waals surface area (Å²) in [7, 11) is 1.72. The van der Waals surface area contributed by atoms with Crippen molar-refractivity contribution < 1.29 is 14.3 Å². The molecule has 26 heavy (non-hydrogen) atoms. The minimum absolute atomic E-state index is 0.112. The van der Waals surface area contributed by atoms with Gasteiger partial charge in [-0.15, -0.1) is 0 Å². The highest BCUT2D eigenvalue weighted by atomic mass is 16.5. The van der Waals surface area contributed by atoms with Crippen molar-refractivity contribution >= 4 is 11.7 Å². The van der Waals surface area contributed by atoms with Gasteiger partial charge in [0.25, 0.3) is 5.91 Å². The lowest BCUT2D eigenvalue weighted by molar-refractivity contribution is 0.0955. The van der Waals surface area contributed by atoms with E-state index in [1.54, 1.807) is 31.8 Å². The van der Waals surface area contributed by atoms with Crippen LogP contribution in [0, 0.1) is 0 Å². The minimum Gasteiger partial charge on any atom is -0.490 e. The maximum atomic E-state index is 11.9. The molecular formula is C19H24N4O3. The molecule has 1 aliphatic rings. The first-order valence-electron chi connectivity index (χ1n) is 8.77. The highest BCUT2D eigenvalue weighted by Gasteiger charge is 2.33. The van der Waals surface area contributed by atoms with E-state index in [1.807, 2.05) is 25.1 Å². The third-order valence-corrected chi connectivity index (χ3v) is 4.43. The van der Waals surface area contributed by atoms with E-state index in [2.05, 4.69) is 20.2 Å². The Labute approximate surface area is 153 Å². The second kappa shape index (κ2) is 8.62.